The van der Waals surface area contributed by atoms with Crippen LogP contribution in [0.2, 0.25) is 0 Å². The van der Waals surface area contributed by atoms with Crippen LogP contribution >= 0.6 is 7.92 Å². The van der Waals surface area contributed by atoms with Gasteiger partial charge in [-0.05, 0) is 25.7 Å². The summed E-state index contributed by atoms with van der Waals surface area (Å²) in [4.78, 5) is 0. The molecule has 1 N–H and O–H groups in total. The van der Waals surface area contributed by atoms with Gasteiger partial charge in [-0.25, -0.2) is 0 Å². The Kier molecular flexibility index (Phi) is 4.45. The summed E-state index contributed by atoms with van der Waals surface area (Å²) < 4.78 is 0. The Bertz CT molecular complexity index is 676. The molecule has 2 aromatic rings. The van der Waals surface area contributed by atoms with Gasteiger partial charge < -0.3 is 5.11 Å². The second-order valence-electron chi connectivity index (χ2n) is 5.62. The molecule has 2 aromatic carbocycles. The van der Waals surface area contributed by atoms with Crippen molar-refractivity contribution in [2.75, 3.05) is 0 Å². The number of phenolic OH excluding ortho intramolecular Hbond substituents is 1. The van der Waals surface area contributed by atoms with Gasteiger partial charge in [0.15, 0.2) is 0 Å². The van der Waals surface area contributed by atoms with E-state index >= 15 is 0 Å². The van der Waals surface area contributed by atoms with Crippen molar-refractivity contribution in [2.24, 2.45) is 0 Å². The number of benzene rings is 2. The normalized spacial score (nSPS) is 16.8. The highest BCUT2D eigenvalue weighted by molar-refractivity contribution is 7.75. The molecule has 0 amide bonds. The van der Waals surface area contributed by atoms with Crippen LogP contribution < -0.4 is 10.6 Å². The lowest BCUT2D eigenvalue weighted by Gasteiger charge is -2.36. The van der Waals surface area contributed by atoms with Crippen molar-refractivity contribution in [3.63, 3.8) is 0 Å². The molecular weight excluding hydrogens is 287 g/mol. The third-order valence-electron chi connectivity index (χ3n) is 4.08. The minimum atomic E-state index is -0.687. The van der Waals surface area contributed by atoms with Crippen LogP contribution in [0.15, 0.2) is 78.9 Å². The highest BCUT2D eigenvalue weighted by Crippen LogP contribution is 2.55. The lowest BCUT2D eigenvalue weighted by molar-refractivity contribution is 0.479. The van der Waals surface area contributed by atoms with Crippen LogP contribution in [0, 0.1) is 0 Å². The van der Waals surface area contributed by atoms with Gasteiger partial charge in [0, 0.05) is 10.5 Å². The molecule has 1 atom stereocenters. The average molecular weight is 308 g/mol. The van der Waals surface area contributed by atoms with Crippen LogP contribution in [0.4, 0.5) is 0 Å². The van der Waals surface area contributed by atoms with Crippen molar-refractivity contribution in [3.05, 3.63) is 78.9 Å². The number of hydrogen-bond donors (Lipinski definition) is 1. The molecule has 0 heterocycles. The monoisotopic (exact) mass is 308 g/mol. The van der Waals surface area contributed by atoms with Gasteiger partial charge in [-0.2, -0.15) is 0 Å². The second kappa shape index (κ2) is 6.50. The number of para-hydroxylation sites is 1. The molecule has 0 saturated carbocycles. The zero-order chi connectivity index (χ0) is 15.4. The first-order valence-corrected chi connectivity index (χ1v) is 9.11. The molecule has 2 heteroatoms. The Balaban J connectivity index is 2.18. The van der Waals surface area contributed by atoms with Gasteiger partial charge in [0.2, 0.25) is 0 Å². The standard InChI is InChI=1S/C20H21OP/c1-2-14-20(15-8-9-16-20)22(17-10-4-3-5-11-17)19-13-7-6-12-18(19)21/h3-13,15-16,21H,2,14H2,1H3. The first-order valence-electron chi connectivity index (χ1n) is 7.77. The zero-order valence-corrected chi connectivity index (χ0v) is 13.7. The van der Waals surface area contributed by atoms with Crippen LogP contribution in [0.3, 0.4) is 0 Å². The smallest absolute Gasteiger partial charge is 0.123 e. The maximum absolute atomic E-state index is 10.5. The highest BCUT2D eigenvalue weighted by Gasteiger charge is 2.37. The molecule has 0 aromatic heterocycles. The fraction of sp³-hybridized carbons (Fsp3) is 0.200. The number of allylic oxidation sites excluding steroid dienone is 4. The molecule has 0 aliphatic heterocycles. The lowest BCUT2D eigenvalue weighted by Crippen LogP contribution is -2.30. The summed E-state index contributed by atoms with van der Waals surface area (Å²) >= 11 is 0. The number of phenols is 1. The Labute approximate surface area is 133 Å². The molecule has 0 radical (unpaired) electrons. The van der Waals surface area contributed by atoms with E-state index in [9.17, 15) is 5.11 Å². The van der Waals surface area contributed by atoms with Gasteiger partial charge in [0.1, 0.15) is 5.75 Å². The number of hydrogen-bond acceptors (Lipinski definition) is 1. The average Bonchev–Trinajstić information content (AvgIpc) is 3.00. The number of rotatable bonds is 5. The summed E-state index contributed by atoms with van der Waals surface area (Å²) in [6.07, 6.45) is 11.1. The predicted molar refractivity (Wildman–Crippen MR) is 96.7 cm³/mol. The van der Waals surface area contributed by atoms with E-state index in [1.807, 2.05) is 12.1 Å². The van der Waals surface area contributed by atoms with Crippen LogP contribution in [0.1, 0.15) is 19.8 Å². The minimum Gasteiger partial charge on any atom is -0.507 e. The summed E-state index contributed by atoms with van der Waals surface area (Å²) in [5.74, 6) is 0.404. The van der Waals surface area contributed by atoms with E-state index in [0.717, 1.165) is 18.1 Å². The van der Waals surface area contributed by atoms with E-state index in [0.29, 0.717) is 5.75 Å². The van der Waals surface area contributed by atoms with Crippen LogP contribution in [-0.4, -0.2) is 10.3 Å². The Hall–Kier alpha value is -1.85. The van der Waals surface area contributed by atoms with E-state index in [1.54, 1.807) is 6.07 Å². The molecule has 0 saturated heterocycles. The van der Waals surface area contributed by atoms with Gasteiger partial charge >= 0.3 is 0 Å². The predicted octanol–water partition coefficient (Wildman–Crippen LogP) is 4.49. The van der Waals surface area contributed by atoms with Gasteiger partial charge in [-0.3, -0.25) is 0 Å². The molecule has 0 fully saturated rings. The van der Waals surface area contributed by atoms with Crippen LogP contribution in [-0.2, 0) is 0 Å². The van der Waals surface area contributed by atoms with Gasteiger partial charge in [0.05, 0.1) is 0 Å². The van der Waals surface area contributed by atoms with Crippen molar-refractivity contribution >= 4 is 18.5 Å². The molecule has 0 bridgehead atoms. The third kappa shape index (κ3) is 2.74. The Morgan fingerprint density at radius 2 is 1.55 bits per heavy atom. The fourth-order valence-electron chi connectivity index (χ4n) is 3.16. The van der Waals surface area contributed by atoms with Gasteiger partial charge in [0.25, 0.3) is 0 Å². The fourth-order valence-corrected chi connectivity index (χ4v) is 6.30. The Morgan fingerprint density at radius 1 is 0.909 bits per heavy atom. The molecule has 0 spiro atoms. The van der Waals surface area contributed by atoms with Crippen molar-refractivity contribution in [2.45, 2.75) is 24.9 Å². The zero-order valence-electron chi connectivity index (χ0n) is 12.8. The molecular formula is C20H21OP. The Morgan fingerprint density at radius 3 is 2.18 bits per heavy atom. The van der Waals surface area contributed by atoms with Crippen molar-refractivity contribution in [3.8, 4) is 5.75 Å². The molecule has 112 valence electrons. The lowest BCUT2D eigenvalue weighted by atomic mass is 10.1. The minimum absolute atomic E-state index is 0.00424. The molecule has 1 aliphatic rings. The van der Waals surface area contributed by atoms with E-state index < -0.39 is 7.92 Å². The van der Waals surface area contributed by atoms with E-state index in [4.69, 9.17) is 0 Å². The van der Waals surface area contributed by atoms with Crippen molar-refractivity contribution in [1.82, 2.24) is 0 Å². The molecule has 1 unspecified atom stereocenters. The summed E-state index contributed by atoms with van der Waals surface area (Å²) in [6.45, 7) is 2.23. The van der Waals surface area contributed by atoms with Crippen LogP contribution in [0.5, 0.6) is 5.75 Å². The molecule has 1 aliphatic carbocycles. The summed E-state index contributed by atoms with van der Waals surface area (Å²) in [7, 11) is -0.687. The van der Waals surface area contributed by atoms with Gasteiger partial charge in [-0.15, -0.1) is 0 Å². The maximum atomic E-state index is 10.5. The van der Waals surface area contributed by atoms with E-state index in [1.165, 1.54) is 5.30 Å². The SMILES string of the molecule is CCCC1(P(c2ccccc2)c2ccccc2O)C=CC=C1. The summed E-state index contributed by atoms with van der Waals surface area (Å²) in [6, 6.07) is 18.4. The van der Waals surface area contributed by atoms with E-state index in [2.05, 4.69) is 67.6 Å². The quantitative estimate of drug-likeness (QED) is 0.807. The summed E-state index contributed by atoms with van der Waals surface area (Å²) in [5, 5.41) is 12.8. The van der Waals surface area contributed by atoms with Crippen molar-refractivity contribution < 1.29 is 5.11 Å². The topological polar surface area (TPSA) is 20.2 Å². The van der Waals surface area contributed by atoms with E-state index in [-0.39, 0.29) is 5.16 Å². The second-order valence-corrected chi connectivity index (χ2v) is 8.12. The molecule has 1 nitrogen and oxygen atoms in total. The third-order valence-corrected chi connectivity index (χ3v) is 7.11. The maximum Gasteiger partial charge on any atom is 0.123 e. The molecule has 3 rings (SSSR count). The molecule has 22 heavy (non-hydrogen) atoms. The van der Waals surface area contributed by atoms with Crippen LogP contribution in [0.25, 0.3) is 0 Å². The number of aromatic hydroxyl groups is 1. The largest absolute Gasteiger partial charge is 0.507 e. The summed E-state index contributed by atoms with van der Waals surface area (Å²) in [5.41, 5.74) is 0. The van der Waals surface area contributed by atoms with Crippen molar-refractivity contribution in [1.29, 1.82) is 0 Å². The first kappa shape index (κ1) is 15.1. The van der Waals surface area contributed by atoms with Gasteiger partial charge in [-0.1, -0.05) is 86.2 Å². The highest BCUT2D eigenvalue weighted by atomic mass is 31.1. The first-order chi connectivity index (χ1) is 10.8.